The number of nitrogens with two attached hydrogens (primary N) is 1. The van der Waals surface area contributed by atoms with Crippen LogP contribution in [0.1, 0.15) is 6.23 Å². The molecule has 2 aromatic rings. The summed E-state index contributed by atoms with van der Waals surface area (Å²) in [7, 11) is 0. The van der Waals surface area contributed by atoms with Crippen LogP contribution < -0.4 is 5.73 Å². The predicted molar refractivity (Wildman–Crippen MR) is 62.7 cm³/mol. The Labute approximate surface area is 107 Å². The van der Waals surface area contributed by atoms with Gasteiger partial charge in [-0.15, -0.1) is 0 Å². The Balaban J connectivity index is 2.04. The van der Waals surface area contributed by atoms with Gasteiger partial charge in [-0.2, -0.15) is 0 Å². The molecule has 2 aromatic heterocycles. The second kappa shape index (κ2) is 4.38. The van der Waals surface area contributed by atoms with Gasteiger partial charge in [-0.05, 0) is 0 Å². The molecule has 5 N–H and O–H groups in total. The van der Waals surface area contributed by atoms with Crippen molar-refractivity contribution in [2.75, 3.05) is 12.3 Å². The highest BCUT2D eigenvalue weighted by atomic mass is 16.6. The summed E-state index contributed by atoms with van der Waals surface area (Å²) in [5.41, 5.74) is 6.44. The van der Waals surface area contributed by atoms with Crippen molar-refractivity contribution in [3.8, 4) is 0 Å². The van der Waals surface area contributed by atoms with Gasteiger partial charge in [-0.1, -0.05) is 0 Å². The Morgan fingerprint density at radius 3 is 2.74 bits per heavy atom. The number of nitrogen functional groups attached to an aromatic ring is 1. The van der Waals surface area contributed by atoms with Crippen molar-refractivity contribution in [1.29, 1.82) is 0 Å². The van der Waals surface area contributed by atoms with Crippen molar-refractivity contribution in [2.24, 2.45) is 0 Å². The minimum Gasteiger partial charge on any atom is -0.394 e. The van der Waals surface area contributed by atoms with Gasteiger partial charge in [0.05, 0.1) is 12.9 Å². The molecule has 0 bridgehead atoms. The maximum Gasteiger partial charge on any atom is 0.167 e. The second-order valence-corrected chi connectivity index (χ2v) is 4.31. The van der Waals surface area contributed by atoms with Crippen LogP contribution in [-0.2, 0) is 4.74 Å². The highest BCUT2D eigenvalue weighted by molar-refractivity contribution is 5.81. The molecular formula is C10H13N5O4. The molecule has 102 valence electrons. The van der Waals surface area contributed by atoms with Crippen molar-refractivity contribution >= 4 is 17.0 Å². The average Bonchev–Trinajstić information content (AvgIpc) is 2.94. The molecule has 0 saturated carbocycles. The smallest absolute Gasteiger partial charge is 0.167 e. The summed E-state index contributed by atoms with van der Waals surface area (Å²) in [6.07, 6.45) is -1.42. The average molecular weight is 267 g/mol. The molecule has 3 rings (SSSR count). The van der Waals surface area contributed by atoms with E-state index in [0.29, 0.717) is 11.2 Å². The standard InChI is InChI=1S/C10H13N5O4/c11-8-5-9(13-2-12-8)15(3-14-5)10-7(18)6(17)4(1-16)19-10/h2-4,6-7,10,16-18H,1H2,(H2,11,12,13)/t4-,6+,7?,10-/m1/s1. The number of anilines is 1. The first-order valence-electron chi connectivity index (χ1n) is 5.69. The summed E-state index contributed by atoms with van der Waals surface area (Å²) in [5.74, 6) is 0.218. The van der Waals surface area contributed by atoms with Gasteiger partial charge in [-0.25, -0.2) is 15.0 Å². The molecular weight excluding hydrogens is 254 g/mol. The van der Waals surface area contributed by atoms with E-state index >= 15 is 0 Å². The van der Waals surface area contributed by atoms with Crippen molar-refractivity contribution in [3.05, 3.63) is 12.7 Å². The van der Waals surface area contributed by atoms with Crippen LogP contribution in [0.5, 0.6) is 0 Å². The van der Waals surface area contributed by atoms with Crippen molar-refractivity contribution < 1.29 is 20.1 Å². The molecule has 0 amide bonds. The van der Waals surface area contributed by atoms with E-state index in [4.69, 9.17) is 15.6 Å². The first kappa shape index (κ1) is 12.2. The van der Waals surface area contributed by atoms with Crippen molar-refractivity contribution in [2.45, 2.75) is 24.5 Å². The second-order valence-electron chi connectivity index (χ2n) is 4.31. The summed E-state index contributed by atoms with van der Waals surface area (Å²) in [6.45, 7) is -0.390. The van der Waals surface area contributed by atoms with Crippen LogP contribution in [0.25, 0.3) is 11.2 Å². The first-order valence-corrected chi connectivity index (χ1v) is 5.69. The van der Waals surface area contributed by atoms with Gasteiger partial charge in [0.1, 0.15) is 30.2 Å². The third kappa shape index (κ3) is 1.75. The topological polar surface area (TPSA) is 140 Å². The molecule has 1 unspecified atom stereocenters. The molecule has 0 aromatic carbocycles. The van der Waals surface area contributed by atoms with E-state index in [2.05, 4.69) is 15.0 Å². The summed E-state index contributed by atoms with van der Waals surface area (Å²) >= 11 is 0. The van der Waals surface area contributed by atoms with Gasteiger partial charge in [0.2, 0.25) is 0 Å². The van der Waals surface area contributed by atoms with Crippen LogP contribution in [0, 0.1) is 0 Å². The van der Waals surface area contributed by atoms with E-state index in [0.717, 1.165) is 0 Å². The quantitative estimate of drug-likeness (QED) is 0.491. The van der Waals surface area contributed by atoms with Gasteiger partial charge in [0.15, 0.2) is 17.7 Å². The number of aliphatic hydroxyl groups is 3. The van der Waals surface area contributed by atoms with Crippen molar-refractivity contribution in [1.82, 2.24) is 19.5 Å². The lowest BCUT2D eigenvalue weighted by Gasteiger charge is -2.16. The van der Waals surface area contributed by atoms with Gasteiger partial charge in [-0.3, -0.25) is 4.57 Å². The first-order chi connectivity index (χ1) is 9.13. The number of aromatic nitrogens is 4. The molecule has 9 nitrogen and oxygen atoms in total. The molecule has 1 aliphatic heterocycles. The zero-order valence-electron chi connectivity index (χ0n) is 9.79. The molecule has 1 fully saturated rings. The number of fused-ring (bicyclic) bond motifs is 1. The Morgan fingerprint density at radius 1 is 1.26 bits per heavy atom. The molecule has 1 saturated heterocycles. The number of rotatable bonds is 2. The summed E-state index contributed by atoms with van der Waals surface area (Å²) in [5, 5.41) is 28.7. The third-order valence-corrected chi connectivity index (χ3v) is 3.18. The zero-order chi connectivity index (χ0) is 13.6. The third-order valence-electron chi connectivity index (χ3n) is 3.18. The Hall–Kier alpha value is -1.81. The number of hydrogen-bond donors (Lipinski definition) is 4. The number of nitrogens with zero attached hydrogens (tertiary/aromatic N) is 4. The van der Waals surface area contributed by atoms with E-state index in [1.165, 1.54) is 17.2 Å². The van der Waals surface area contributed by atoms with Gasteiger partial charge in [0, 0.05) is 0 Å². The minimum atomic E-state index is -1.19. The van der Waals surface area contributed by atoms with E-state index < -0.39 is 31.1 Å². The van der Waals surface area contributed by atoms with Gasteiger partial charge < -0.3 is 25.8 Å². The van der Waals surface area contributed by atoms with E-state index in [1.54, 1.807) is 0 Å². The van der Waals surface area contributed by atoms with Crippen LogP contribution in [-0.4, -0.2) is 59.8 Å². The Morgan fingerprint density at radius 2 is 2.05 bits per heavy atom. The SMILES string of the molecule is Nc1ncnc2c1ncn2[C@@H]1O[C@H](CO)[C@H](O)C1O. The number of ether oxygens (including phenoxy) is 1. The predicted octanol–water partition coefficient (Wildman–Crippen LogP) is -1.98. The number of hydrogen-bond acceptors (Lipinski definition) is 8. The lowest BCUT2D eigenvalue weighted by Crippen LogP contribution is -2.33. The molecule has 1 aliphatic rings. The minimum absolute atomic E-state index is 0.218. The van der Waals surface area contributed by atoms with Crippen LogP contribution in [0.15, 0.2) is 12.7 Å². The molecule has 4 atom stereocenters. The van der Waals surface area contributed by atoms with Crippen LogP contribution in [0.3, 0.4) is 0 Å². The molecule has 19 heavy (non-hydrogen) atoms. The zero-order valence-corrected chi connectivity index (χ0v) is 9.79. The van der Waals surface area contributed by atoms with Crippen LogP contribution >= 0.6 is 0 Å². The van der Waals surface area contributed by atoms with Crippen LogP contribution in [0.2, 0.25) is 0 Å². The van der Waals surface area contributed by atoms with Crippen molar-refractivity contribution in [3.63, 3.8) is 0 Å². The fourth-order valence-corrected chi connectivity index (χ4v) is 2.17. The highest BCUT2D eigenvalue weighted by Gasteiger charge is 2.43. The lowest BCUT2D eigenvalue weighted by molar-refractivity contribution is -0.0511. The maximum absolute atomic E-state index is 9.95. The largest absolute Gasteiger partial charge is 0.394 e. The van der Waals surface area contributed by atoms with Gasteiger partial charge >= 0.3 is 0 Å². The molecule has 0 radical (unpaired) electrons. The molecule has 9 heteroatoms. The molecule has 0 spiro atoms. The fraction of sp³-hybridized carbons (Fsp3) is 0.500. The van der Waals surface area contributed by atoms with E-state index in [-0.39, 0.29) is 5.82 Å². The normalized spacial score (nSPS) is 31.1. The fourth-order valence-electron chi connectivity index (χ4n) is 2.17. The van der Waals surface area contributed by atoms with E-state index in [1.807, 2.05) is 0 Å². The summed E-state index contributed by atoms with van der Waals surface area (Å²) in [4.78, 5) is 11.9. The van der Waals surface area contributed by atoms with E-state index in [9.17, 15) is 10.2 Å². The Kier molecular flexibility index (Phi) is 2.82. The molecule has 3 heterocycles. The lowest BCUT2D eigenvalue weighted by atomic mass is 10.1. The summed E-state index contributed by atoms with van der Waals surface area (Å²) in [6, 6.07) is 0. The molecule has 0 aliphatic carbocycles. The Bertz CT molecular complexity index is 603. The monoisotopic (exact) mass is 267 g/mol. The van der Waals surface area contributed by atoms with Crippen LogP contribution in [0.4, 0.5) is 5.82 Å². The number of aliphatic hydroxyl groups excluding tert-OH is 3. The van der Waals surface area contributed by atoms with Gasteiger partial charge in [0.25, 0.3) is 0 Å². The highest BCUT2D eigenvalue weighted by Crippen LogP contribution is 2.31. The maximum atomic E-state index is 9.95. The summed E-state index contributed by atoms with van der Waals surface area (Å²) < 4.78 is 6.85. The number of imidazole rings is 1.